The Hall–Kier alpha value is -1.03. The van der Waals surface area contributed by atoms with Gasteiger partial charge in [0.25, 0.3) is 0 Å². The summed E-state index contributed by atoms with van der Waals surface area (Å²) in [6.45, 7) is 7.06. The van der Waals surface area contributed by atoms with E-state index in [1.165, 1.54) is 18.6 Å². The molecule has 1 saturated heterocycles. The highest BCUT2D eigenvalue weighted by Gasteiger charge is 2.29. The van der Waals surface area contributed by atoms with Gasteiger partial charge in [-0.1, -0.05) is 6.07 Å². The summed E-state index contributed by atoms with van der Waals surface area (Å²) in [6, 6.07) is 5.97. The van der Waals surface area contributed by atoms with Crippen molar-refractivity contribution in [1.29, 1.82) is 0 Å². The van der Waals surface area contributed by atoms with Crippen LogP contribution in [0.25, 0.3) is 5.65 Å². The molecule has 0 aliphatic carbocycles. The molecule has 1 atom stereocenters. The van der Waals surface area contributed by atoms with Crippen LogP contribution in [0, 0.1) is 0 Å². The van der Waals surface area contributed by atoms with E-state index >= 15 is 0 Å². The number of nitrogens with zero attached hydrogens (tertiary/aromatic N) is 4. The third-order valence-corrected chi connectivity index (χ3v) is 5.99. The van der Waals surface area contributed by atoms with Crippen molar-refractivity contribution in [2.45, 2.75) is 44.3 Å². The predicted molar refractivity (Wildman–Crippen MR) is 121 cm³/mol. The van der Waals surface area contributed by atoms with E-state index in [-0.39, 0.29) is 24.0 Å². The number of nitrogens with one attached hydrogen (secondary N) is 2. The van der Waals surface area contributed by atoms with Gasteiger partial charge < -0.3 is 10.6 Å². The van der Waals surface area contributed by atoms with Crippen molar-refractivity contribution in [2.75, 3.05) is 25.4 Å². The lowest BCUT2D eigenvalue weighted by atomic mass is 10.1. The average Bonchev–Trinajstić information content (AvgIpc) is 3.23. The van der Waals surface area contributed by atoms with E-state index in [1.807, 2.05) is 24.4 Å². The summed E-state index contributed by atoms with van der Waals surface area (Å²) in [4.78, 5) is 4.79. The lowest BCUT2D eigenvalue weighted by molar-refractivity contribution is 0.613. The summed E-state index contributed by atoms with van der Waals surface area (Å²) in [5, 5.41) is 15.3. The van der Waals surface area contributed by atoms with Crippen molar-refractivity contribution in [1.82, 2.24) is 25.2 Å². The molecule has 2 N–H and O–H groups in total. The highest BCUT2D eigenvalue weighted by atomic mass is 127. The molecule has 8 heteroatoms. The Morgan fingerprint density at radius 2 is 2.23 bits per heavy atom. The van der Waals surface area contributed by atoms with Gasteiger partial charge in [-0.05, 0) is 51.0 Å². The van der Waals surface area contributed by atoms with Gasteiger partial charge in [0.1, 0.15) is 5.82 Å². The highest BCUT2D eigenvalue weighted by Crippen LogP contribution is 2.37. The van der Waals surface area contributed by atoms with Gasteiger partial charge >= 0.3 is 0 Å². The van der Waals surface area contributed by atoms with Crippen molar-refractivity contribution >= 4 is 47.3 Å². The molecule has 144 valence electrons. The zero-order chi connectivity index (χ0) is 17.5. The molecule has 1 unspecified atom stereocenters. The molecule has 0 radical (unpaired) electrons. The molecule has 1 aliphatic rings. The number of pyridine rings is 1. The number of aromatic nitrogens is 3. The number of aliphatic imine (C=N–C) groups is 1. The van der Waals surface area contributed by atoms with Crippen LogP contribution < -0.4 is 10.6 Å². The van der Waals surface area contributed by atoms with E-state index in [0.29, 0.717) is 4.75 Å². The first-order valence-corrected chi connectivity index (χ1v) is 10.1. The fourth-order valence-electron chi connectivity index (χ4n) is 3.06. The van der Waals surface area contributed by atoms with Gasteiger partial charge in [0.2, 0.25) is 0 Å². The van der Waals surface area contributed by atoms with E-state index < -0.39 is 0 Å². The van der Waals surface area contributed by atoms with Gasteiger partial charge in [0.15, 0.2) is 11.6 Å². The van der Waals surface area contributed by atoms with Gasteiger partial charge in [-0.2, -0.15) is 11.8 Å². The van der Waals surface area contributed by atoms with Crippen LogP contribution in [0.5, 0.6) is 0 Å². The molecule has 2 aromatic heterocycles. The van der Waals surface area contributed by atoms with E-state index in [1.54, 1.807) is 0 Å². The molecule has 0 spiro atoms. The van der Waals surface area contributed by atoms with Gasteiger partial charge in [0, 0.05) is 30.5 Å². The maximum Gasteiger partial charge on any atom is 0.191 e. The Morgan fingerprint density at radius 1 is 1.35 bits per heavy atom. The summed E-state index contributed by atoms with van der Waals surface area (Å²) in [6.07, 6.45) is 6.48. The largest absolute Gasteiger partial charge is 0.357 e. The minimum atomic E-state index is 0. The van der Waals surface area contributed by atoms with Gasteiger partial charge in [-0.25, -0.2) is 0 Å². The molecule has 0 amide bonds. The SMILES string of the molecule is CCNC(=NCC1(C)CCCS1)NCCCc1nnc2ccccn12.I. The predicted octanol–water partition coefficient (Wildman–Crippen LogP) is 3.12. The van der Waals surface area contributed by atoms with E-state index in [4.69, 9.17) is 4.99 Å². The Kier molecular flexibility index (Phi) is 8.46. The number of thioether (sulfide) groups is 1. The summed E-state index contributed by atoms with van der Waals surface area (Å²) in [5.74, 6) is 3.19. The van der Waals surface area contributed by atoms with Gasteiger partial charge in [-0.3, -0.25) is 9.39 Å². The van der Waals surface area contributed by atoms with E-state index in [2.05, 4.69) is 50.8 Å². The lowest BCUT2D eigenvalue weighted by Crippen LogP contribution is -2.39. The number of rotatable bonds is 7. The smallest absolute Gasteiger partial charge is 0.191 e. The lowest BCUT2D eigenvalue weighted by Gasteiger charge is -2.21. The first kappa shape index (κ1) is 21.3. The highest BCUT2D eigenvalue weighted by molar-refractivity contribution is 14.0. The maximum absolute atomic E-state index is 4.79. The van der Waals surface area contributed by atoms with Crippen molar-refractivity contribution in [3.8, 4) is 0 Å². The Morgan fingerprint density at radius 3 is 3.00 bits per heavy atom. The topological polar surface area (TPSA) is 66.6 Å². The zero-order valence-electron chi connectivity index (χ0n) is 15.6. The molecule has 3 rings (SSSR count). The summed E-state index contributed by atoms with van der Waals surface area (Å²) < 4.78 is 2.36. The van der Waals surface area contributed by atoms with Crippen LogP contribution in [0.1, 0.15) is 38.9 Å². The molecule has 0 aromatic carbocycles. The standard InChI is InChI=1S/C18H28N6S.HI/c1-3-19-17(21-14-18(2)10-7-13-25-18)20-11-6-9-16-23-22-15-8-4-5-12-24(15)16;/h4-5,8,12H,3,6-7,9-11,13-14H2,1-2H3,(H2,19,20,21);1H. The van der Waals surface area contributed by atoms with Crippen molar-refractivity contribution in [2.24, 2.45) is 4.99 Å². The van der Waals surface area contributed by atoms with E-state index in [9.17, 15) is 0 Å². The third-order valence-electron chi connectivity index (χ3n) is 4.47. The molecule has 0 bridgehead atoms. The van der Waals surface area contributed by atoms with Crippen molar-refractivity contribution in [3.63, 3.8) is 0 Å². The number of fused-ring (bicyclic) bond motifs is 1. The van der Waals surface area contributed by atoms with Crippen LogP contribution in [0.3, 0.4) is 0 Å². The molecule has 3 heterocycles. The number of hydrogen-bond acceptors (Lipinski definition) is 4. The molecule has 0 saturated carbocycles. The summed E-state index contributed by atoms with van der Waals surface area (Å²) >= 11 is 2.05. The monoisotopic (exact) mass is 488 g/mol. The van der Waals surface area contributed by atoms with Crippen LogP contribution in [0.15, 0.2) is 29.4 Å². The molecule has 6 nitrogen and oxygen atoms in total. The second-order valence-corrected chi connectivity index (χ2v) is 8.36. The maximum atomic E-state index is 4.79. The first-order chi connectivity index (χ1) is 12.2. The van der Waals surface area contributed by atoms with Crippen molar-refractivity contribution < 1.29 is 0 Å². The van der Waals surface area contributed by atoms with Crippen LogP contribution >= 0.6 is 35.7 Å². The fraction of sp³-hybridized carbons (Fsp3) is 0.611. The fourth-order valence-corrected chi connectivity index (χ4v) is 4.29. The minimum Gasteiger partial charge on any atom is -0.357 e. The Labute approximate surface area is 177 Å². The number of hydrogen-bond donors (Lipinski definition) is 2. The quantitative estimate of drug-likeness (QED) is 0.272. The van der Waals surface area contributed by atoms with Crippen LogP contribution in [-0.2, 0) is 6.42 Å². The number of aryl methyl sites for hydroxylation is 1. The number of guanidine groups is 1. The molecular formula is C18H29IN6S. The minimum absolute atomic E-state index is 0. The molecule has 1 fully saturated rings. The van der Waals surface area contributed by atoms with Crippen molar-refractivity contribution in [3.05, 3.63) is 30.2 Å². The second-order valence-electron chi connectivity index (χ2n) is 6.67. The first-order valence-electron chi connectivity index (χ1n) is 9.15. The Balaban J connectivity index is 0.00000243. The normalized spacial score (nSPS) is 20.2. The molecule has 26 heavy (non-hydrogen) atoms. The van der Waals surface area contributed by atoms with Gasteiger partial charge in [-0.15, -0.1) is 34.2 Å². The number of halogens is 1. The van der Waals surface area contributed by atoms with Crippen LogP contribution in [0.4, 0.5) is 0 Å². The third kappa shape index (κ3) is 5.73. The summed E-state index contributed by atoms with van der Waals surface area (Å²) in [7, 11) is 0. The average molecular weight is 488 g/mol. The van der Waals surface area contributed by atoms with E-state index in [0.717, 1.165) is 49.9 Å². The van der Waals surface area contributed by atoms with Crippen LogP contribution in [-0.4, -0.2) is 50.7 Å². The summed E-state index contributed by atoms with van der Waals surface area (Å²) in [5.41, 5.74) is 0.905. The Bertz CT molecular complexity index is 711. The van der Waals surface area contributed by atoms with Gasteiger partial charge in [0.05, 0.1) is 6.54 Å². The van der Waals surface area contributed by atoms with Crippen LogP contribution in [0.2, 0.25) is 0 Å². The molecular weight excluding hydrogens is 459 g/mol. The second kappa shape index (κ2) is 10.3. The molecule has 1 aliphatic heterocycles. The molecule has 2 aromatic rings. The zero-order valence-corrected chi connectivity index (χ0v) is 18.7.